The van der Waals surface area contributed by atoms with Crippen LogP contribution in [0.15, 0.2) is 12.4 Å². The van der Waals surface area contributed by atoms with Gasteiger partial charge in [-0.05, 0) is 0 Å². The Morgan fingerprint density at radius 3 is 2.88 bits per heavy atom. The van der Waals surface area contributed by atoms with E-state index in [1.54, 1.807) is 13.2 Å². The van der Waals surface area contributed by atoms with Crippen LogP contribution in [0.25, 0.3) is 10.3 Å². The lowest BCUT2D eigenvalue weighted by atomic mass is 10.3. The minimum Gasteiger partial charge on any atom is -0.396 e. The van der Waals surface area contributed by atoms with Gasteiger partial charge in [0.2, 0.25) is 0 Å². The Labute approximate surface area is 102 Å². The summed E-state index contributed by atoms with van der Waals surface area (Å²) in [5.74, 6) is -0.221. The van der Waals surface area contributed by atoms with Crippen LogP contribution in [-0.2, 0) is 0 Å². The number of aliphatic hydroxyl groups is 1. The lowest BCUT2D eigenvalue weighted by molar-refractivity contribution is 0.0772. The van der Waals surface area contributed by atoms with Crippen molar-refractivity contribution in [2.24, 2.45) is 0 Å². The van der Waals surface area contributed by atoms with Gasteiger partial charge >= 0.3 is 0 Å². The summed E-state index contributed by atoms with van der Waals surface area (Å²) in [4.78, 5) is 22.7. The largest absolute Gasteiger partial charge is 0.396 e. The summed E-state index contributed by atoms with van der Waals surface area (Å²) < 4.78 is 0. The zero-order valence-corrected chi connectivity index (χ0v) is 10.1. The molecule has 7 heteroatoms. The minimum atomic E-state index is -0.221. The van der Waals surface area contributed by atoms with E-state index >= 15 is 0 Å². The quantitative estimate of drug-likeness (QED) is 0.821. The number of likely N-dealkylation sites (N-methyl/N-ethyl adjacent to an activating group) is 1. The van der Waals surface area contributed by atoms with Gasteiger partial charge in [-0.1, -0.05) is 0 Å². The third-order valence-corrected chi connectivity index (χ3v) is 3.43. The van der Waals surface area contributed by atoms with E-state index in [1.807, 2.05) is 0 Å². The van der Waals surface area contributed by atoms with Crippen LogP contribution in [0.5, 0.6) is 0 Å². The van der Waals surface area contributed by atoms with Gasteiger partial charge < -0.3 is 15.7 Å². The SMILES string of the molecule is CN(CCO)C(=O)c1sc2nccnc2c1N. The molecular weight excluding hydrogens is 240 g/mol. The maximum Gasteiger partial charge on any atom is 0.266 e. The van der Waals surface area contributed by atoms with Gasteiger partial charge in [-0.25, -0.2) is 9.97 Å². The molecule has 0 spiro atoms. The summed E-state index contributed by atoms with van der Waals surface area (Å²) in [5, 5.41) is 8.80. The Morgan fingerprint density at radius 2 is 2.24 bits per heavy atom. The third-order valence-electron chi connectivity index (χ3n) is 2.34. The second-order valence-electron chi connectivity index (χ2n) is 3.51. The Bertz CT molecular complexity index is 554. The van der Waals surface area contributed by atoms with Crippen LogP contribution in [0.2, 0.25) is 0 Å². The fraction of sp³-hybridized carbons (Fsp3) is 0.300. The maximum absolute atomic E-state index is 12.0. The molecule has 2 aromatic rings. The van der Waals surface area contributed by atoms with E-state index in [0.717, 1.165) is 0 Å². The van der Waals surface area contributed by atoms with Gasteiger partial charge in [0.05, 0.1) is 12.3 Å². The van der Waals surface area contributed by atoms with E-state index in [0.29, 0.717) is 20.9 Å². The number of hydrogen-bond acceptors (Lipinski definition) is 6. The van der Waals surface area contributed by atoms with Crippen molar-refractivity contribution in [2.75, 3.05) is 25.9 Å². The molecule has 17 heavy (non-hydrogen) atoms. The van der Waals surface area contributed by atoms with Crippen molar-refractivity contribution in [3.63, 3.8) is 0 Å². The Morgan fingerprint density at radius 1 is 1.53 bits per heavy atom. The second-order valence-corrected chi connectivity index (χ2v) is 4.50. The van der Waals surface area contributed by atoms with Gasteiger partial charge in [0.25, 0.3) is 5.91 Å². The first-order chi connectivity index (χ1) is 8.15. The molecule has 0 atom stereocenters. The number of anilines is 1. The fourth-order valence-electron chi connectivity index (χ4n) is 1.43. The van der Waals surface area contributed by atoms with Crippen LogP contribution >= 0.6 is 11.3 Å². The maximum atomic E-state index is 12.0. The summed E-state index contributed by atoms with van der Waals surface area (Å²) in [6.07, 6.45) is 3.10. The molecule has 0 bridgehead atoms. The number of amides is 1. The monoisotopic (exact) mass is 252 g/mol. The van der Waals surface area contributed by atoms with Crippen LogP contribution < -0.4 is 5.73 Å². The number of nitrogens with two attached hydrogens (primary N) is 1. The van der Waals surface area contributed by atoms with Crippen LogP contribution in [0, 0.1) is 0 Å². The third kappa shape index (κ3) is 2.06. The van der Waals surface area contributed by atoms with Crippen LogP contribution in [0.3, 0.4) is 0 Å². The molecule has 0 unspecified atom stereocenters. The zero-order chi connectivity index (χ0) is 12.4. The first-order valence-electron chi connectivity index (χ1n) is 5.00. The number of nitrogens with zero attached hydrogens (tertiary/aromatic N) is 3. The average molecular weight is 252 g/mol. The highest BCUT2D eigenvalue weighted by molar-refractivity contribution is 7.21. The topological polar surface area (TPSA) is 92.3 Å². The molecule has 0 radical (unpaired) electrons. The van der Waals surface area contributed by atoms with Gasteiger partial charge in [0.1, 0.15) is 15.2 Å². The Kier molecular flexibility index (Phi) is 3.21. The number of carbonyl (C=O) groups is 1. The van der Waals surface area contributed by atoms with E-state index in [2.05, 4.69) is 9.97 Å². The Hall–Kier alpha value is -1.73. The number of carbonyl (C=O) groups excluding carboxylic acids is 1. The molecular formula is C10H12N4O2S. The molecule has 2 heterocycles. The summed E-state index contributed by atoms with van der Waals surface area (Å²) >= 11 is 1.21. The average Bonchev–Trinajstić information content (AvgIpc) is 2.67. The van der Waals surface area contributed by atoms with Crippen molar-refractivity contribution in [2.45, 2.75) is 0 Å². The first-order valence-corrected chi connectivity index (χ1v) is 5.82. The van der Waals surface area contributed by atoms with Gasteiger partial charge in [-0.2, -0.15) is 0 Å². The summed E-state index contributed by atoms with van der Waals surface area (Å²) in [6, 6.07) is 0. The van der Waals surface area contributed by atoms with Gasteiger partial charge in [0.15, 0.2) is 0 Å². The summed E-state index contributed by atoms with van der Waals surface area (Å²) in [6.45, 7) is 0.191. The fourth-order valence-corrected chi connectivity index (χ4v) is 2.44. The predicted molar refractivity (Wildman–Crippen MR) is 65.9 cm³/mol. The van der Waals surface area contributed by atoms with E-state index in [4.69, 9.17) is 10.8 Å². The molecule has 6 nitrogen and oxygen atoms in total. The molecule has 1 amide bonds. The number of aromatic nitrogens is 2. The number of aliphatic hydroxyl groups excluding tert-OH is 1. The zero-order valence-electron chi connectivity index (χ0n) is 9.25. The van der Waals surface area contributed by atoms with Crippen molar-refractivity contribution in [3.8, 4) is 0 Å². The lowest BCUT2D eigenvalue weighted by Crippen LogP contribution is -2.29. The summed E-state index contributed by atoms with van der Waals surface area (Å²) in [7, 11) is 1.61. The van der Waals surface area contributed by atoms with Crippen LogP contribution in [0.4, 0.5) is 5.69 Å². The normalized spacial score (nSPS) is 10.7. The molecule has 0 aliphatic carbocycles. The second kappa shape index (κ2) is 4.64. The molecule has 0 aliphatic rings. The van der Waals surface area contributed by atoms with E-state index in [1.165, 1.54) is 22.4 Å². The highest BCUT2D eigenvalue weighted by Crippen LogP contribution is 2.31. The highest BCUT2D eigenvalue weighted by atomic mass is 32.1. The number of fused-ring (bicyclic) bond motifs is 1. The minimum absolute atomic E-state index is 0.0798. The molecule has 0 fully saturated rings. The Balaban J connectivity index is 2.42. The summed E-state index contributed by atoms with van der Waals surface area (Å²) in [5.41, 5.74) is 6.78. The molecule has 2 rings (SSSR count). The molecule has 2 aromatic heterocycles. The number of hydrogen-bond donors (Lipinski definition) is 2. The van der Waals surface area contributed by atoms with E-state index in [-0.39, 0.29) is 19.1 Å². The molecule has 0 saturated carbocycles. The van der Waals surface area contributed by atoms with E-state index < -0.39 is 0 Å². The molecule has 0 saturated heterocycles. The molecule has 3 N–H and O–H groups in total. The molecule has 90 valence electrons. The molecule has 0 aliphatic heterocycles. The van der Waals surface area contributed by atoms with Crippen molar-refractivity contribution in [3.05, 3.63) is 17.3 Å². The van der Waals surface area contributed by atoms with Gasteiger partial charge in [-0.3, -0.25) is 4.79 Å². The van der Waals surface area contributed by atoms with Gasteiger partial charge in [0, 0.05) is 26.0 Å². The smallest absolute Gasteiger partial charge is 0.266 e. The number of rotatable bonds is 3. The van der Waals surface area contributed by atoms with Crippen molar-refractivity contribution < 1.29 is 9.90 Å². The van der Waals surface area contributed by atoms with Crippen LogP contribution in [0.1, 0.15) is 9.67 Å². The van der Waals surface area contributed by atoms with Gasteiger partial charge in [-0.15, -0.1) is 11.3 Å². The predicted octanol–water partition coefficient (Wildman–Crippen LogP) is 0.338. The lowest BCUT2D eigenvalue weighted by Gasteiger charge is -2.14. The molecule has 0 aromatic carbocycles. The van der Waals surface area contributed by atoms with E-state index in [9.17, 15) is 4.79 Å². The van der Waals surface area contributed by atoms with Crippen LogP contribution in [-0.4, -0.2) is 46.1 Å². The van der Waals surface area contributed by atoms with Crippen molar-refractivity contribution >= 4 is 33.3 Å². The number of thiophene rings is 1. The van der Waals surface area contributed by atoms with Crippen molar-refractivity contribution in [1.82, 2.24) is 14.9 Å². The number of nitrogen functional groups attached to an aromatic ring is 1. The first kappa shape index (κ1) is 11.7. The van der Waals surface area contributed by atoms with Crippen molar-refractivity contribution in [1.29, 1.82) is 0 Å². The standard InChI is InChI=1S/C10H12N4O2S/c1-14(4-5-15)10(16)8-6(11)7-9(17-8)13-3-2-12-7/h2-3,15H,4-5,11H2,1H3. The highest BCUT2D eigenvalue weighted by Gasteiger charge is 2.20.